The molecule has 0 spiro atoms. The highest BCUT2D eigenvalue weighted by molar-refractivity contribution is 5.30. The first-order valence-corrected chi connectivity index (χ1v) is 7.68. The number of hydrogen-bond donors (Lipinski definition) is 1. The molecule has 2 rings (SSSR count). The smallest absolute Gasteiger partial charge is 0.126 e. The number of nitrogens with one attached hydrogen (secondary N) is 1. The molecule has 21 heavy (non-hydrogen) atoms. The fourth-order valence-corrected chi connectivity index (χ4v) is 2.63. The first-order valence-electron chi connectivity index (χ1n) is 7.68. The number of hydrogen-bond acceptors (Lipinski definition) is 1. The maximum atomic E-state index is 13.9. The summed E-state index contributed by atoms with van der Waals surface area (Å²) in [6.45, 7) is 7.07. The lowest BCUT2D eigenvalue weighted by Gasteiger charge is -2.26. The van der Waals surface area contributed by atoms with Crippen molar-refractivity contribution in [3.05, 3.63) is 71.0 Å². The third-order valence-electron chi connectivity index (χ3n) is 3.99. The molecule has 2 heteroatoms. The maximum absolute atomic E-state index is 13.9. The van der Waals surface area contributed by atoms with E-state index in [1.54, 1.807) is 13.0 Å². The van der Waals surface area contributed by atoms with Crippen molar-refractivity contribution >= 4 is 0 Å². The van der Waals surface area contributed by atoms with Gasteiger partial charge in [0.15, 0.2) is 0 Å². The van der Waals surface area contributed by atoms with E-state index < -0.39 is 0 Å². The predicted octanol–water partition coefficient (Wildman–Crippen LogP) is 4.98. The molecule has 0 bridgehead atoms. The van der Waals surface area contributed by atoms with E-state index in [1.807, 2.05) is 18.2 Å². The van der Waals surface area contributed by atoms with Crippen molar-refractivity contribution in [1.29, 1.82) is 0 Å². The highest BCUT2D eigenvalue weighted by atomic mass is 19.1. The van der Waals surface area contributed by atoms with E-state index in [2.05, 4.69) is 43.4 Å². The average molecular weight is 285 g/mol. The molecule has 0 fully saturated rings. The second kappa shape index (κ2) is 7.37. The number of benzene rings is 2. The lowest BCUT2D eigenvalue weighted by atomic mass is 9.88. The summed E-state index contributed by atoms with van der Waals surface area (Å²) in [5.74, 6) is 0.163. The summed E-state index contributed by atoms with van der Waals surface area (Å²) in [4.78, 5) is 0. The average Bonchev–Trinajstić information content (AvgIpc) is 2.51. The van der Waals surface area contributed by atoms with E-state index >= 15 is 0 Å². The Morgan fingerprint density at radius 3 is 2.38 bits per heavy atom. The normalized spacial score (nSPS) is 13.9. The molecule has 0 saturated heterocycles. The van der Waals surface area contributed by atoms with E-state index in [-0.39, 0.29) is 11.9 Å². The molecule has 2 aromatic rings. The van der Waals surface area contributed by atoms with Gasteiger partial charge in [-0.1, -0.05) is 56.3 Å². The zero-order valence-corrected chi connectivity index (χ0v) is 13.1. The molecule has 0 radical (unpaired) electrons. The minimum absolute atomic E-state index is 0.127. The predicted molar refractivity (Wildman–Crippen MR) is 87.0 cm³/mol. The standard InChI is InChI=1S/C19H24FN/c1-4-12-21-19(15(3)16-8-6-5-7-9-16)17-11-10-14(2)18(20)13-17/h5-11,13,15,19,21H,4,12H2,1-3H3. The molecule has 0 amide bonds. The summed E-state index contributed by atoms with van der Waals surface area (Å²) in [6, 6.07) is 16.1. The Hall–Kier alpha value is -1.67. The minimum Gasteiger partial charge on any atom is -0.309 e. The monoisotopic (exact) mass is 285 g/mol. The molecule has 0 aliphatic rings. The first-order chi connectivity index (χ1) is 10.1. The molecule has 0 aliphatic carbocycles. The quantitative estimate of drug-likeness (QED) is 0.789. The Labute approximate surface area is 127 Å². The molecule has 1 N–H and O–H groups in total. The molecule has 112 valence electrons. The van der Waals surface area contributed by atoms with Crippen LogP contribution in [0.1, 0.15) is 48.9 Å². The second-order valence-corrected chi connectivity index (χ2v) is 5.64. The van der Waals surface area contributed by atoms with Gasteiger partial charge in [0, 0.05) is 12.0 Å². The van der Waals surface area contributed by atoms with Gasteiger partial charge in [0.25, 0.3) is 0 Å². The van der Waals surface area contributed by atoms with E-state index in [4.69, 9.17) is 0 Å². The van der Waals surface area contributed by atoms with Gasteiger partial charge in [-0.25, -0.2) is 4.39 Å². The Balaban J connectivity index is 2.31. The summed E-state index contributed by atoms with van der Waals surface area (Å²) < 4.78 is 13.9. The van der Waals surface area contributed by atoms with Crippen LogP contribution in [-0.4, -0.2) is 6.54 Å². The molecule has 0 aromatic heterocycles. The third-order valence-corrected chi connectivity index (χ3v) is 3.99. The van der Waals surface area contributed by atoms with Gasteiger partial charge in [-0.15, -0.1) is 0 Å². The third kappa shape index (κ3) is 3.92. The first kappa shape index (κ1) is 15.7. The van der Waals surface area contributed by atoms with Crippen molar-refractivity contribution in [2.24, 2.45) is 0 Å². The fraction of sp³-hybridized carbons (Fsp3) is 0.368. The summed E-state index contributed by atoms with van der Waals surface area (Å²) in [5, 5.41) is 3.56. The van der Waals surface area contributed by atoms with Gasteiger partial charge in [-0.2, -0.15) is 0 Å². The van der Waals surface area contributed by atoms with Crippen molar-refractivity contribution in [2.75, 3.05) is 6.54 Å². The van der Waals surface area contributed by atoms with Gasteiger partial charge in [-0.05, 0) is 42.6 Å². The summed E-state index contributed by atoms with van der Waals surface area (Å²) in [5.41, 5.74) is 2.98. The topological polar surface area (TPSA) is 12.0 Å². The number of halogens is 1. The SMILES string of the molecule is CCCNC(c1ccc(C)c(F)c1)C(C)c1ccccc1. The van der Waals surface area contributed by atoms with Crippen molar-refractivity contribution in [1.82, 2.24) is 5.32 Å². The molecule has 0 heterocycles. The summed E-state index contributed by atoms with van der Waals surface area (Å²) >= 11 is 0. The van der Waals surface area contributed by atoms with Crippen LogP contribution in [0.5, 0.6) is 0 Å². The Bertz CT molecular complexity index is 565. The van der Waals surface area contributed by atoms with Gasteiger partial charge in [0.05, 0.1) is 0 Å². The Morgan fingerprint density at radius 1 is 1.05 bits per heavy atom. The summed E-state index contributed by atoms with van der Waals surface area (Å²) in [6.07, 6.45) is 1.06. The maximum Gasteiger partial charge on any atom is 0.126 e. The lowest BCUT2D eigenvalue weighted by molar-refractivity contribution is 0.463. The molecule has 2 atom stereocenters. The van der Waals surface area contributed by atoms with Gasteiger partial charge >= 0.3 is 0 Å². The fourth-order valence-electron chi connectivity index (χ4n) is 2.63. The highest BCUT2D eigenvalue weighted by Crippen LogP contribution is 2.31. The molecular formula is C19H24FN. The van der Waals surface area contributed by atoms with Crippen LogP contribution in [0.15, 0.2) is 48.5 Å². The zero-order chi connectivity index (χ0) is 15.2. The number of aryl methyl sites for hydroxylation is 1. The highest BCUT2D eigenvalue weighted by Gasteiger charge is 2.20. The van der Waals surface area contributed by atoms with E-state index in [0.29, 0.717) is 11.5 Å². The minimum atomic E-state index is -0.129. The lowest BCUT2D eigenvalue weighted by Crippen LogP contribution is -2.26. The van der Waals surface area contributed by atoms with Crippen LogP contribution in [-0.2, 0) is 0 Å². The van der Waals surface area contributed by atoms with Crippen molar-refractivity contribution in [3.63, 3.8) is 0 Å². The van der Waals surface area contributed by atoms with Gasteiger partial charge < -0.3 is 5.32 Å². The molecule has 0 saturated carbocycles. The zero-order valence-electron chi connectivity index (χ0n) is 13.1. The molecule has 1 nitrogen and oxygen atoms in total. The van der Waals surface area contributed by atoms with E-state index in [9.17, 15) is 4.39 Å². The van der Waals surface area contributed by atoms with Gasteiger partial charge in [0.2, 0.25) is 0 Å². The van der Waals surface area contributed by atoms with Crippen molar-refractivity contribution < 1.29 is 4.39 Å². The largest absolute Gasteiger partial charge is 0.309 e. The second-order valence-electron chi connectivity index (χ2n) is 5.64. The van der Waals surface area contributed by atoms with Gasteiger partial charge in [-0.3, -0.25) is 0 Å². The number of rotatable bonds is 6. The van der Waals surface area contributed by atoms with Crippen molar-refractivity contribution in [3.8, 4) is 0 Å². The molecular weight excluding hydrogens is 261 g/mol. The summed E-state index contributed by atoms with van der Waals surface area (Å²) in [7, 11) is 0. The van der Waals surface area contributed by atoms with Crippen LogP contribution in [0.2, 0.25) is 0 Å². The van der Waals surface area contributed by atoms with Crippen LogP contribution in [0.4, 0.5) is 4.39 Å². The molecule has 0 aliphatic heterocycles. The Kier molecular flexibility index (Phi) is 5.51. The van der Waals surface area contributed by atoms with E-state index in [1.165, 1.54) is 5.56 Å². The molecule has 2 aromatic carbocycles. The van der Waals surface area contributed by atoms with Crippen LogP contribution in [0.25, 0.3) is 0 Å². The Morgan fingerprint density at radius 2 is 1.76 bits per heavy atom. The van der Waals surface area contributed by atoms with Crippen molar-refractivity contribution in [2.45, 2.75) is 39.2 Å². The van der Waals surface area contributed by atoms with Crippen LogP contribution < -0.4 is 5.32 Å². The molecule has 2 unspecified atom stereocenters. The van der Waals surface area contributed by atoms with E-state index in [0.717, 1.165) is 18.5 Å². The van der Waals surface area contributed by atoms with Gasteiger partial charge in [0.1, 0.15) is 5.82 Å². The van der Waals surface area contributed by atoms with Crippen LogP contribution in [0, 0.1) is 12.7 Å². The van der Waals surface area contributed by atoms with Crippen LogP contribution >= 0.6 is 0 Å². The van der Waals surface area contributed by atoms with Crippen LogP contribution in [0.3, 0.4) is 0 Å².